The molecule has 2 atom stereocenters. The fourth-order valence-corrected chi connectivity index (χ4v) is 2.46. The Bertz CT molecular complexity index is 370. The van der Waals surface area contributed by atoms with Crippen molar-refractivity contribution in [1.82, 2.24) is 10.3 Å². The second kappa shape index (κ2) is 5.11. The fourth-order valence-electron chi connectivity index (χ4n) is 2.29. The van der Waals surface area contributed by atoms with Crippen LogP contribution in [0.25, 0.3) is 0 Å². The molecule has 1 fully saturated rings. The summed E-state index contributed by atoms with van der Waals surface area (Å²) in [5.41, 5.74) is 0.506. The first-order valence-electron chi connectivity index (χ1n) is 5.69. The quantitative estimate of drug-likeness (QED) is 0.807. The molecule has 16 heavy (non-hydrogen) atoms. The van der Waals surface area contributed by atoms with Crippen LogP contribution in [0.15, 0.2) is 12.1 Å². The summed E-state index contributed by atoms with van der Waals surface area (Å²) in [7, 11) is 0. The molecular formula is C12H16ClFN2. The predicted octanol–water partition coefficient (Wildman–Crippen LogP) is 2.80. The average molecular weight is 243 g/mol. The monoisotopic (exact) mass is 242 g/mol. The number of aromatic nitrogens is 1. The summed E-state index contributed by atoms with van der Waals surface area (Å²) >= 11 is 5.77. The summed E-state index contributed by atoms with van der Waals surface area (Å²) in [6, 6.07) is 3.40. The molecule has 2 rings (SSSR count). The zero-order chi connectivity index (χ0) is 11.5. The molecule has 1 N–H and O–H groups in total. The first-order valence-corrected chi connectivity index (χ1v) is 6.07. The van der Waals surface area contributed by atoms with E-state index >= 15 is 0 Å². The zero-order valence-electron chi connectivity index (χ0n) is 9.34. The summed E-state index contributed by atoms with van der Waals surface area (Å²) in [6.45, 7) is 3.17. The van der Waals surface area contributed by atoms with Crippen molar-refractivity contribution in [2.24, 2.45) is 5.92 Å². The molecule has 1 unspecified atom stereocenters. The minimum atomic E-state index is -0.240. The SMILES string of the molecule is C[C@@H]1CC(Cc2nc(Cl)ccc2F)CCN1. The van der Waals surface area contributed by atoms with Crippen LogP contribution in [-0.2, 0) is 6.42 Å². The van der Waals surface area contributed by atoms with Gasteiger partial charge in [-0.1, -0.05) is 11.6 Å². The van der Waals surface area contributed by atoms with Gasteiger partial charge in [-0.05, 0) is 50.8 Å². The number of nitrogens with zero attached hydrogens (tertiary/aromatic N) is 1. The minimum absolute atomic E-state index is 0.240. The molecule has 1 aliphatic heterocycles. The Hall–Kier alpha value is -0.670. The van der Waals surface area contributed by atoms with Crippen molar-refractivity contribution in [1.29, 1.82) is 0 Å². The largest absolute Gasteiger partial charge is 0.314 e. The molecule has 1 saturated heterocycles. The van der Waals surface area contributed by atoms with Gasteiger partial charge in [0.1, 0.15) is 11.0 Å². The molecule has 1 aromatic heterocycles. The number of pyridine rings is 1. The molecule has 0 amide bonds. The van der Waals surface area contributed by atoms with E-state index in [1.165, 1.54) is 12.1 Å². The van der Waals surface area contributed by atoms with Crippen molar-refractivity contribution in [3.8, 4) is 0 Å². The van der Waals surface area contributed by atoms with Gasteiger partial charge in [-0.3, -0.25) is 0 Å². The summed E-state index contributed by atoms with van der Waals surface area (Å²) in [4.78, 5) is 4.06. The van der Waals surface area contributed by atoms with Crippen LogP contribution in [-0.4, -0.2) is 17.6 Å². The molecule has 1 aromatic rings. The van der Waals surface area contributed by atoms with Gasteiger partial charge < -0.3 is 5.32 Å². The molecular weight excluding hydrogens is 227 g/mol. The smallest absolute Gasteiger partial charge is 0.144 e. The molecule has 0 saturated carbocycles. The molecule has 2 nitrogen and oxygen atoms in total. The molecule has 1 aliphatic rings. The van der Waals surface area contributed by atoms with E-state index < -0.39 is 0 Å². The molecule has 0 spiro atoms. The summed E-state index contributed by atoms with van der Waals surface area (Å²) in [6.07, 6.45) is 2.85. The predicted molar refractivity (Wildman–Crippen MR) is 63.1 cm³/mol. The molecule has 2 heterocycles. The van der Waals surface area contributed by atoms with Crippen LogP contribution in [0.1, 0.15) is 25.5 Å². The van der Waals surface area contributed by atoms with E-state index in [1.54, 1.807) is 0 Å². The first kappa shape index (κ1) is 11.8. The summed E-state index contributed by atoms with van der Waals surface area (Å²) in [5.74, 6) is 0.271. The van der Waals surface area contributed by atoms with E-state index in [-0.39, 0.29) is 5.82 Å². The third kappa shape index (κ3) is 2.92. The van der Waals surface area contributed by atoms with Crippen LogP contribution in [0.3, 0.4) is 0 Å². The van der Waals surface area contributed by atoms with Crippen LogP contribution < -0.4 is 5.32 Å². The number of piperidine rings is 1. The van der Waals surface area contributed by atoms with Gasteiger partial charge in [0.05, 0.1) is 5.69 Å². The zero-order valence-corrected chi connectivity index (χ0v) is 10.1. The van der Waals surface area contributed by atoms with Gasteiger partial charge in [-0.25, -0.2) is 9.37 Å². The van der Waals surface area contributed by atoms with E-state index in [2.05, 4.69) is 17.2 Å². The second-order valence-corrected chi connectivity index (χ2v) is 4.90. The highest BCUT2D eigenvalue weighted by Crippen LogP contribution is 2.22. The Morgan fingerprint density at radius 3 is 3.12 bits per heavy atom. The van der Waals surface area contributed by atoms with Crippen molar-refractivity contribution >= 4 is 11.6 Å². The number of rotatable bonds is 2. The highest BCUT2D eigenvalue weighted by atomic mass is 35.5. The third-order valence-corrected chi connectivity index (χ3v) is 3.31. The number of nitrogens with one attached hydrogen (secondary N) is 1. The highest BCUT2D eigenvalue weighted by molar-refractivity contribution is 6.29. The second-order valence-electron chi connectivity index (χ2n) is 4.51. The summed E-state index contributed by atoms with van der Waals surface area (Å²) < 4.78 is 13.5. The van der Waals surface area contributed by atoms with E-state index in [0.29, 0.717) is 29.2 Å². The lowest BCUT2D eigenvalue weighted by atomic mass is 9.89. The number of hydrogen-bond donors (Lipinski definition) is 1. The van der Waals surface area contributed by atoms with Gasteiger partial charge in [0.2, 0.25) is 0 Å². The van der Waals surface area contributed by atoms with Gasteiger partial charge in [-0.2, -0.15) is 0 Å². The van der Waals surface area contributed by atoms with E-state index in [4.69, 9.17) is 11.6 Å². The van der Waals surface area contributed by atoms with Crippen LogP contribution in [0.4, 0.5) is 4.39 Å². The molecule has 88 valence electrons. The number of hydrogen-bond acceptors (Lipinski definition) is 2. The van der Waals surface area contributed by atoms with Crippen molar-refractivity contribution in [3.05, 3.63) is 28.8 Å². The molecule has 4 heteroatoms. The molecule has 0 radical (unpaired) electrons. The van der Waals surface area contributed by atoms with Crippen molar-refractivity contribution < 1.29 is 4.39 Å². The van der Waals surface area contributed by atoms with Gasteiger partial charge in [0.25, 0.3) is 0 Å². The third-order valence-electron chi connectivity index (χ3n) is 3.10. The standard InChI is InChI=1S/C12H16ClFN2/c1-8-6-9(4-5-15-8)7-11-10(14)2-3-12(13)16-11/h2-3,8-9,15H,4-7H2,1H3/t8-,9?/m1/s1. The maximum absolute atomic E-state index is 13.5. The van der Waals surface area contributed by atoms with E-state index in [0.717, 1.165) is 19.4 Å². The van der Waals surface area contributed by atoms with Gasteiger partial charge in [0.15, 0.2) is 0 Å². The molecule has 0 bridgehead atoms. The Morgan fingerprint density at radius 1 is 1.56 bits per heavy atom. The maximum Gasteiger partial charge on any atom is 0.144 e. The molecule has 0 aromatic carbocycles. The van der Waals surface area contributed by atoms with Gasteiger partial charge in [0, 0.05) is 6.04 Å². The van der Waals surface area contributed by atoms with E-state index in [9.17, 15) is 4.39 Å². The van der Waals surface area contributed by atoms with Gasteiger partial charge in [-0.15, -0.1) is 0 Å². The van der Waals surface area contributed by atoms with Crippen LogP contribution in [0, 0.1) is 11.7 Å². The van der Waals surface area contributed by atoms with Gasteiger partial charge >= 0.3 is 0 Å². The van der Waals surface area contributed by atoms with Crippen LogP contribution in [0.2, 0.25) is 5.15 Å². The summed E-state index contributed by atoms with van der Waals surface area (Å²) in [5, 5.41) is 3.76. The van der Waals surface area contributed by atoms with E-state index in [1.807, 2.05) is 0 Å². The fraction of sp³-hybridized carbons (Fsp3) is 0.583. The Labute approximate surface area is 100 Å². The number of halogens is 2. The average Bonchev–Trinajstić information content (AvgIpc) is 2.24. The normalized spacial score (nSPS) is 25.7. The van der Waals surface area contributed by atoms with Crippen molar-refractivity contribution in [2.75, 3.05) is 6.54 Å². The lowest BCUT2D eigenvalue weighted by Crippen LogP contribution is -2.36. The Morgan fingerprint density at radius 2 is 2.38 bits per heavy atom. The van der Waals surface area contributed by atoms with Crippen LogP contribution in [0.5, 0.6) is 0 Å². The maximum atomic E-state index is 13.5. The van der Waals surface area contributed by atoms with Crippen molar-refractivity contribution in [3.63, 3.8) is 0 Å². The first-order chi connectivity index (χ1) is 7.65. The lowest BCUT2D eigenvalue weighted by molar-refractivity contribution is 0.309. The van der Waals surface area contributed by atoms with Crippen LogP contribution >= 0.6 is 11.6 Å². The highest BCUT2D eigenvalue weighted by Gasteiger charge is 2.20. The minimum Gasteiger partial charge on any atom is -0.314 e. The molecule has 0 aliphatic carbocycles. The van der Waals surface area contributed by atoms with Crippen molar-refractivity contribution in [2.45, 2.75) is 32.2 Å². The topological polar surface area (TPSA) is 24.9 Å². The Kier molecular flexibility index (Phi) is 3.77. The Balaban J connectivity index is 2.05. The lowest BCUT2D eigenvalue weighted by Gasteiger charge is -2.27.